The molecule has 0 fully saturated rings. The lowest BCUT2D eigenvalue weighted by molar-refractivity contribution is 0.390. The second kappa shape index (κ2) is 4.95. The summed E-state index contributed by atoms with van der Waals surface area (Å²) in [4.78, 5) is 2.12. The normalized spacial score (nSPS) is 10.5. The van der Waals surface area contributed by atoms with Crippen LogP contribution in [0.4, 0.5) is 11.4 Å². The Morgan fingerprint density at radius 1 is 1.41 bits per heavy atom. The predicted molar refractivity (Wildman–Crippen MR) is 76.9 cm³/mol. The van der Waals surface area contributed by atoms with Crippen molar-refractivity contribution in [2.45, 2.75) is 13.5 Å². The average molecular weight is 343 g/mol. The van der Waals surface area contributed by atoms with E-state index in [0.29, 0.717) is 0 Å². The lowest BCUT2D eigenvalue weighted by atomic mass is 10.2. The van der Waals surface area contributed by atoms with E-state index in [0.717, 1.165) is 32.9 Å². The summed E-state index contributed by atoms with van der Waals surface area (Å²) in [6.45, 7) is 2.61. The fourth-order valence-electron chi connectivity index (χ4n) is 1.65. The Balaban J connectivity index is 2.17. The molecule has 0 saturated heterocycles. The number of nitrogen functional groups attached to an aromatic ring is 1. The summed E-state index contributed by atoms with van der Waals surface area (Å²) in [5.41, 5.74) is 8.58. The SMILES string of the molecule is Cc1cc(CN(C)c2ccc(N)cc2I)no1. The highest BCUT2D eigenvalue weighted by atomic mass is 127. The van der Waals surface area contributed by atoms with Gasteiger partial charge in [0.25, 0.3) is 0 Å². The summed E-state index contributed by atoms with van der Waals surface area (Å²) in [5.74, 6) is 0.834. The van der Waals surface area contributed by atoms with E-state index in [1.807, 2.05) is 38.2 Å². The first-order valence-corrected chi connectivity index (χ1v) is 6.32. The standard InChI is InChI=1S/C12H14IN3O/c1-8-5-10(15-17-8)7-16(2)12-4-3-9(14)6-11(12)13/h3-6H,7,14H2,1-2H3. The number of halogens is 1. The Morgan fingerprint density at radius 2 is 2.18 bits per heavy atom. The molecule has 0 radical (unpaired) electrons. The molecule has 1 aromatic carbocycles. The van der Waals surface area contributed by atoms with E-state index in [9.17, 15) is 0 Å². The van der Waals surface area contributed by atoms with Crippen molar-refractivity contribution in [1.82, 2.24) is 5.16 Å². The molecule has 2 N–H and O–H groups in total. The van der Waals surface area contributed by atoms with Gasteiger partial charge in [-0.2, -0.15) is 0 Å². The maximum atomic E-state index is 5.73. The summed E-state index contributed by atoms with van der Waals surface area (Å²) in [7, 11) is 2.03. The molecule has 17 heavy (non-hydrogen) atoms. The third kappa shape index (κ3) is 2.91. The highest BCUT2D eigenvalue weighted by molar-refractivity contribution is 14.1. The first-order chi connectivity index (χ1) is 8.06. The van der Waals surface area contributed by atoms with Crippen LogP contribution in [0.5, 0.6) is 0 Å². The minimum Gasteiger partial charge on any atom is -0.399 e. The van der Waals surface area contributed by atoms with Crippen molar-refractivity contribution in [2.75, 3.05) is 17.7 Å². The fourth-order valence-corrected chi connectivity index (χ4v) is 2.60. The van der Waals surface area contributed by atoms with Gasteiger partial charge in [-0.15, -0.1) is 0 Å². The van der Waals surface area contributed by atoms with E-state index in [2.05, 4.69) is 32.6 Å². The number of nitrogens with zero attached hydrogens (tertiary/aromatic N) is 2. The second-order valence-electron chi connectivity index (χ2n) is 4.00. The Morgan fingerprint density at radius 3 is 2.76 bits per heavy atom. The molecule has 0 atom stereocenters. The van der Waals surface area contributed by atoms with E-state index in [1.165, 1.54) is 0 Å². The van der Waals surface area contributed by atoms with Crippen LogP contribution < -0.4 is 10.6 Å². The van der Waals surface area contributed by atoms with Crippen LogP contribution in [-0.4, -0.2) is 12.2 Å². The molecule has 2 rings (SSSR count). The molecule has 1 heterocycles. The number of nitrogens with two attached hydrogens (primary N) is 1. The number of hydrogen-bond acceptors (Lipinski definition) is 4. The highest BCUT2D eigenvalue weighted by Crippen LogP contribution is 2.24. The van der Waals surface area contributed by atoms with Crippen LogP contribution in [0.25, 0.3) is 0 Å². The van der Waals surface area contributed by atoms with Crippen molar-refractivity contribution in [3.8, 4) is 0 Å². The van der Waals surface area contributed by atoms with Crippen molar-refractivity contribution in [3.63, 3.8) is 0 Å². The molecular weight excluding hydrogens is 329 g/mol. The molecule has 0 unspecified atom stereocenters. The third-order valence-corrected chi connectivity index (χ3v) is 3.32. The van der Waals surface area contributed by atoms with Gasteiger partial charge in [-0.3, -0.25) is 0 Å². The molecule has 90 valence electrons. The number of benzene rings is 1. The topological polar surface area (TPSA) is 55.3 Å². The summed E-state index contributed by atoms with van der Waals surface area (Å²) in [6, 6.07) is 7.83. The molecule has 0 saturated carbocycles. The number of anilines is 2. The van der Waals surface area contributed by atoms with Crippen molar-refractivity contribution in [1.29, 1.82) is 0 Å². The Labute approximate surface area is 114 Å². The Hall–Kier alpha value is -1.24. The van der Waals surface area contributed by atoms with Gasteiger partial charge in [0.05, 0.1) is 12.2 Å². The van der Waals surface area contributed by atoms with Gasteiger partial charge in [0.1, 0.15) is 11.5 Å². The monoisotopic (exact) mass is 343 g/mol. The van der Waals surface area contributed by atoms with Gasteiger partial charge in [0, 0.05) is 22.4 Å². The summed E-state index contributed by atoms with van der Waals surface area (Å²) < 4.78 is 6.18. The largest absolute Gasteiger partial charge is 0.399 e. The smallest absolute Gasteiger partial charge is 0.133 e. The van der Waals surface area contributed by atoms with Crippen molar-refractivity contribution < 1.29 is 4.52 Å². The highest BCUT2D eigenvalue weighted by Gasteiger charge is 2.09. The predicted octanol–water partition coefficient (Wildman–Crippen LogP) is 2.81. The van der Waals surface area contributed by atoms with E-state index in [-0.39, 0.29) is 0 Å². The molecule has 2 aromatic rings. The quantitative estimate of drug-likeness (QED) is 0.688. The van der Waals surface area contributed by atoms with E-state index >= 15 is 0 Å². The molecule has 0 spiro atoms. The molecule has 0 bridgehead atoms. The van der Waals surface area contributed by atoms with Crippen LogP contribution in [-0.2, 0) is 6.54 Å². The summed E-state index contributed by atoms with van der Waals surface area (Å²) >= 11 is 2.28. The molecule has 0 aliphatic heterocycles. The minimum atomic E-state index is 0.720. The van der Waals surface area contributed by atoms with Crippen LogP contribution in [0, 0.1) is 10.5 Å². The maximum absolute atomic E-state index is 5.73. The second-order valence-corrected chi connectivity index (χ2v) is 5.16. The number of hydrogen-bond donors (Lipinski definition) is 1. The maximum Gasteiger partial charge on any atom is 0.133 e. The van der Waals surface area contributed by atoms with Gasteiger partial charge in [0.2, 0.25) is 0 Å². The molecule has 0 aliphatic carbocycles. The lowest BCUT2D eigenvalue weighted by Crippen LogP contribution is -2.17. The van der Waals surface area contributed by atoms with Gasteiger partial charge in [0.15, 0.2) is 0 Å². The molecule has 0 aliphatic rings. The average Bonchev–Trinajstić information content (AvgIpc) is 2.63. The van der Waals surface area contributed by atoms with Gasteiger partial charge >= 0.3 is 0 Å². The number of aryl methyl sites for hydroxylation is 1. The molecule has 1 aromatic heterocycles. The zero-order chi connectivity index (χ0) is 12.4. The van der Waals surface area contributed by atoms with Crippen LogP contribution in [0.1, 0.15) is 11.5 Å². The van der Waals surface area contributed by atoms with Crippen molar-refractivity contribution >= 4 is 34.0 Å². The molecule has 0 amide bonds. The fraction of sp³-hybridized carbons (Fsp3) is 0.250. The van der Waals surface area contributed by atoms with Crippen LogP contribution in [0.15, 0.2) is 28.8 Å². The minimum absolute atomic E-state index is 0.720. The Bertz CT molecular complexity index is 524. The van der Waals surface area contributed by atoms with Gasteiger partial charge in [-0.25, -0.2) is 0 Å². The van der Waals surface area contributed by atoms with Gasteiger partial charge in [-0.05, 0) is 47.7 Å². The first-order valence-electron chi connectivity index (χ1n) is 5.24. The van der Waals surface area contributed by atoms with E-state index < -0.39 is 0 Å². The Kier molecular flexibility index (Phi) is 3.56. The van der Waals surface area contributed by atoms with Gasteiger partial charge < -0.3 is 15.2 Å². The van der Waals surface area contributed by atoms with Crippen LogP contribution in [0.3, 0.4) is 0 Å². The van der Waals surface area contributed by atoms with E-state index in [1.54, 1.807) is 0 Å². The van der Waals surface area contributed by atoms with Crippen LogP contribution in [0.2, 0.25) is 0 Å². The lowest BCUT2D eigenvalue weighted by Gasteiger charge is -2.19. The third-order valence-electron chi connectivity index (χ3n) is 2.46. The first kappa shape index (κ1) is 12.2. The zero-order valence-corrected chi connectivity index (χ0v) is 11.9. The zero-order valence-electron chi connectivity index (χ0n) is 9.77. The summed E-state index contributed by atoms with van der Waals surface area (Å²) in [6.07, 6.45) is 0. The summed E-state index contributed by atoms with van der Waals surface area (Å²) in [5, 5.41) is 3.98. The number of rotatable bonds is 3. The molecule has 4 nitrogen and oxygen atoms in total. The van der Waals surface area contributed by atoms with E-state index in [4.69, 9.17) is 10.3 Å². The molecular formula is C12H14IN3O. The van der Waals surface area contributed by atoms with Crippen LogP contribution >= 0.6 is 22.6 Å². The number of aromatic nitrogens is 1. The van der Waals surface area contributed by atoms with Crippen molar-refractivity contribution in [3.05, 3.63) is 39.3 Å². The van der Waals surface area contributed by atoms with Crippen molar-refractivity contribution in [2.24, 2.45) is 0 Å². The molecule has 5 heteroatoms. The van der Waals surface area contributed by atoms with Gasteiger partial charge in [-0.1, -0.05) is 5.16 Å².